The molecule has 0 aliphatic carbocycles. The number of hydrogen-bond acceptors (Lipinski definition) is 4. The normalized spacial score (nSPS) is 26.9. The Balaban J connectivity index is 1.65. The molecule has 1 aromatic carbocycles. The van der Waals surface area contributed by atoms with Crippen molar-refractivity contribution < 1.29 is 14.3 Å². The molecule has 0 radical (unpaired) electrons. The molecule has 1 amide bonds. The molecule has 3 heterocycles. The molecule has 5 heteroatoms. The Morgan fingerprint density at radius 1 is 1.18 bits per heavy atom. The predicted molar refractivity (Wildman–Crippen MR) is 83.1 cm³/mol. The molecule has 2 fully saturated rings. The lowest BCUT2D eigenvalue weighted by Gasteiger charge is -2.34. The topological polar surface area (TPSA) is 50.8 Å². The molecule has 1 aromatic rings. The van der Waals surface area contributed by atoms with Gasteiger partial charge in [0.05, 0.1) is 13.2 Å². The molecular weight excluding hydrogens is 280 g/mol. The maximum absolute atomic E-state index is 12.9. The fraction of sp³-hybridized carbons (Fsp3) is 0.588. The summed E-state index contributed by atoms with van der Waals surface area (Å²) in [6.07, 6.45) is 1.98. The van der Waals surface area contributed by atoms with E-state index < -0.39 is 0 Å². The van der Waals surface area contributed by atoms with Gasteiger partial charge in [0.1, 0.15) is 6.04 Å². The number of nitrogens with one attached hydrogen (secondary N) is 1. The average Bonchev–Trinajstić information content (AvgIpc) is 2.90. The zero-order chi connectivity index (χ0) is 15.0. The van der Waals surface area contributed by atoms with Gasteiger partial charge >= 0.3 is 0 Å². The van der Waals surface area contributed by atoms with Crippen LogP contribution >= 0.6 is 0 Å². The smallest absolute Gasteiger partial charge is 0.246 e. The number of amides is 1. The summed E-state index contributed by atoms with van der Waals surface area (Å²) in [5, 5.41) is 3.28. The van der Waals surface area contributed by atoms with Gasteiger partial charge in [0.2, 0.25) is 5.91 Å². The molecule has 2 saturated heterocycles. The number of para-hydroxylation sites is 1. The number of carbonyl (C=O) groups is 1. The second-order valence-corrected chi connectivity index (χ2v) is 6.42. The Kier molecular flexibility index (Phi) is 3.64. The van der Waals surface area contributed by atoms with Crippen molar-refractivity contribution in [1.82, 2.24) is 5.32 Å². The van der Waals surface area contributed by atoms with Crippen LogP contribution in [0.15, 0.2) is 24.3 Å². The van der Waals surface area contributed by atoms with Gasteiger partial charge in [0.15, 0.2) is 0 Å². The predicted octanol–water partition coefficient (Wildman–Crippen LogP) is 1.07. The first-order valence-corrected chi connectivity index (χ1v) is 8.10. The molecular formula is C17H22N2O3. The molecule has 5 nitrogen and oxygen atoms in total. The number of fused-ring (bicyclic) bond motifs is 2. The fourth-order valence-corrected chi connectivity index (χ4v) is 3.93. The van der Waals surface area contributed by atoms with Crippen LogP contribution in [0.5, 0.6) is 0 Å². The van der Waals surface area contributed by atoms with Gasteiger partial charge in [0, 0.05) is 37.4 Å². The monoisotopic (exact) mass is 302 g/mol. The molecule has 0 unspecified atom stereocenters. The maximum atomic E-state index is 12.9. The molecule has 0 aromatic heterocycles. The van der Waals surface area contributed by atoms with Crippen LogP contribution in [0.3, 0.4) is 0 Å². The molecule has 22 heavy (non-hydrogen) atoms. The van der Waals surface area contributed by atoms with E-state index in [9.17, 15) is 4.79 Å². The highest BCUT2D eigenvalue weighted by Crippen LogP contribution is 2.46. The molecule has 4 rings (SSSR count). The van der Waals surface area contributed by atoms with Crippen molar-refractivity contribution in [3.8, 4) is 0 Å². The van der Waals surface area contributed by atoms with Gasteiger partial charge in [-0.25, -0.2) is 0 Å². The Morgan fingerprint density at radius 2 is 2.00 bits per heavy atom. The summed E-state index contributed by atoms with van der Waals surface area (Å²) < 4.78 is 11.0. The third-order valence-corrected chi connectivity index (χ3v) is 5.16. The molecule has 1 N–H and O–H groups in total. The van der Waals surface area contributed by atoms with Crippen LogP contribution in [-0.4, -0.2) is 51.5 Å². The van der Waals surface area contributed by atoms with Crippen LogP contribution in [0.4, 0.5) is 5.69 Å². The van der Waals surface area contributed by atoms with E-state index in [0.29, 0.717) is 13.2 Å². The van der Waals surface area contributed by atoms with Gasteiger partial charge in [0.25, 0.3) is 0 Å². The summed E-state index contributed by atoms with van der Waals surface area (Å²) in [6, 6.07) is 8.12. The molecule has 3 aliphatic rings. The van der Waals surface area contributed by atoms with E-state index in [-0.39, 0.29) is 17.4 Å². The highest BCUT2D eigenvalue weighted by Gasteiger charge is 2.46. The van der Waals surface area contributed by atoms with E-state index in [4.69, 9.17) is 9.47 Å². The minimum atomic E-state index is -0.225. The first-order chi connectivity index (χ1) is 10.8. The lowest BCUT2D eigenvalue weighted by Crippen LogP contribution is -2.53. The summed E-state index contributed by atoms with van der Waals surface area (Å²) in [7, 11) is 0. The Labute approximate surface area is 130 Å². The van der Waals surface area contributed by atoms with Gasteiger partial charge in [-0.05, 0) is 24.5 Å². The Hall–Kier alpha value is -1.43. The van der Waals surface area contributed by atoms with Crippen LogP contribution in [0.25, 0.3) is 0 Å². The highest BCUT2D eigenvalue weighted by molar-refractivity contribution is 6.00. The second-order valence-electron chi connectivity index (χ2n) is 6.42. The van der Waals surface area contributed by atoms with Gasteiger partial charge < -0.3 is 19.7 Å². The van der Waals surface area contributed by atoms with E-state index in [1.807, 2.05) is 11.0 Å². The van der Waals surface area contributed by atoms with Gasteiger partial charge in [-0.15, -0.1) is 0 Å². The molecule has 3 aliphatic heterocycles. The van der Waals surface area contributed by atoms with Crippen molar-refractivity contribution in [3.05, 3.63) is 29.8 Å². The Bertz CT molecular complexity index is 563. The number of nitrogens with zero attached hydrogens (tertiary/aromatic N) is 1. The zero-order valence-electron chi connectivity index (χ0n) is 12.7. The number of anilines is 1. The highest BCUT2D eigenvalue weighted by atomic mass is 16.5. The largest absolute Gasteiger partial charge is 0.381 e. The van der Waals surface area contributed by atoms with Gasteiger partial charge in [-0.2, -0.15) is 0 Å². The molecule has 1 atom stereocenters. The van der Waals surface area contributed by atoms with Crippen LogP contribution < -0.4 is 10.2 Å². The van der Waals surface area contributed by atoms with Crippen molar-refractivity contribution in [3.63, 3.8) is 0 Å². The van der Waals surface area contributed by atoms with E-state index in [0.717, 1.165) is 44.8 Å². The summed E-state index contributed by atoms with van der Waals surface area (Å²) in [4.78, 5) is 14.9. The van der Waals surface area contributed by atoms with Crippen molar-refractivity contribution >= 4 is 11.6 Å². The minimum absolute atomic E-state index is 0.0695. The van der Waals surface area contributed by atoms with Crippen molar-refractivity contribution in [2.24, 2.45) is 0 Å². The molecule has 1 spiro atoms. The maximum Gasteiger partial charge on any atom is 0.246 e. The number of carbonyl (C=O) groups excluding carboxylic acids is 1. The summed E-state index contributed by atoms with van der Waals surface area (Å²) in [5.41, 5.74) is 2.45. The van der Waals surface area contributed by atoms with E-state index in [1.54, 1.807) is 0 Å². The second kappa shape index (κ2) is 5.65. The van der Waals surface area contributed by atoms with Crippen LogP contribution in [-0.2, 0) is 19.7 Å². The number of ether oxygens (including phenoxy) is 2. The number of benzene rings is 1. The average molecular weight is 302 g/mol. The lowest BCUT2D eigenvalue weighted by molar-refractivity contribution is -0.123. The fourth-order valence-electron chi connectivity index (χ4n) is 3.93. The summed E-state index contributed by atoms with van der Waals surface area (Å²) >= 11 is 0. The van der Waals surface area contributed by atoms with Gasteiger partial charge in [-0.1, -0.05) is 18.2 Å². The number of hydrogen-bond donors (Lipinski definition) is 1. The quantitative estimate of drug-likeness (QED) is 0.843. The zero-order valence-corrected chi connectivity index (χ0v) is 12.7. The van der Waals surface area contributed by atoms with Gasteiger partial charge in [-0.3, -0.25) is 4.79 Å². The third-order valence-electron chi connectivity index (χ3n) is 5.16. The van der Waals surface area contributed by atoms with Crippen LogP contribution in [0, 0.1) is 0 Å². The van der Waals surface area contributed by atoms with E-state index >= 15 is 0 Å². The number of rotatable bonds is 1. The number of morpholine rings is 1. The summed E-state index contributed by atoms with van der Waals surface area (Å²) in [6.45, 7) is 4.22. The van der Waals surface area contributed by atoms with E-state index in [1.165, 1.54) is 5.56 Å². The first-order valence-electron chi connectivity index (χ1n) is 8.10. The SMILES string of the molecule is O=C([C@H]1COCCN1)N1CC2(CCOCC2)c2ccccc21. The molecule has 0 bridgehead atoms. The molecule has 0 saturated carbocycles. The van der Waals surface area contributed by atoms with Crippen LogP contribution in [0.2, 0.25) is 0 Å². The first kappa shape index (κ1) is 14.2. The van der Waals surface area contributed by atoms with E-state index in [2.05, 4.69) is 23.5 Å². The van der Waals surface area contributed by atoms with Crippen LogP contribution in [0.1, 0.15) is 18.4 Å². The standard InChI is InChI=1S/C17H22N2O3/c20-16(14-11-22-10-7-18-14)19-12-17(5-8-21-9-6-17)13-3-1-2-4-15(13)19/h1-4,14,18H,5-12H2/t14-/m1/s1. The van der Waals surface area contributed by atoms with Crippen molar-refractivity contribution in [1.29, 1.82) is 0 Å². The minimum Gasteiger partial charge on any atom is -0.381 e. The Morgan fingerprint density at radius 3 is 2.77 bits per heavy atom. The van der Waals surface area contributed by atoms with Crippen molar-refractivity contribution in [2.45, 2.75) is 24.3 Å². The summed E-state index contributed by atoms with van der Waals surface area (Å²) in [5.74, 6) is 0.135. The lowest BCUT2D eigenvalue weighted by atomic mass is 9.76. The van der Waals surface area contributed by atoms with Crippen molar-refractivity contribution in [2.75, 3.05) is 44.4 Å². The third kappa shape index (κ3) is 2.24. The molecule has 118 valence electrons.